The van der Waals surface area contributed by atoms with Crippen molar-refractivity contribution in [1.29, 1.82) is 0 Å². The van der Waals surface area contributed by atoms with Gasteiger partial charge in [-0.3, -0.25) is 0 Å². The molecule has 2 aliphatic rings. The summed E-state index contributed by atoms with van der Waals surface area (Å²) < 4.78 is 5.89. The SMILES string of the molecule is CSC1CCCCC1NCC(O)COC1CCC(C)CC1. The summed E-state index contributed by atoms with van der Waals surface area (Å²) in [7, 11) is 0. The first-order valence-electron chi connectivity index (χ1n) is 8.75. The summed E-state index contributed by atoms with van der Waals surface area (Å²) >= 11 is 1.97. The first kappa shape index (κ1) is 17.6. The minimum absolute atomic E-state index is 0.367. The third kappa shape index (κ3) is 6.09. The van der Waals surface area contributed by atoms with Crippen LogP contribution in [-0.4, -0.2) is 48.0 Å². The molecule has 21 heavy (non-hydrogen) atoms. The van der Waals surface area contributed by atoms with E-state index in [0.29, 0.717) is 30.5 Å². The van der Waals surface area contributed by atoms with Crippen LogP contribution in [0.5, 0.6) is 0 Å². The van der Waals surface area contributed by atoms with Crippen LogP contribution in [0.3, 0.4) is 0 Å². The molecule has 2 rings (SSSR count). The number of hydrogen-bond acceptors (Lipinski definition) is 4. The van der Waals surface area contributed by atoms with E-state index >= 15 is 0 Å². The molecule has 2 fully saturated rings. The van der Waals surface area contributed by atoms with E-state index in [1.807, 2.05) is 11.8 Å². The van der Waals surface area contributed by atoms with Crippen molar-refractivity contribution in [3.8, 4) is 0 Å². The average Bonchev–Trinajstić information content (AvgIpc) is 2.52. The number of rotatable bonds is 7. The highest BCUT2D eigenvalue weighted by molar-refractivity contribution is 7.99. The van der Waals surface area contributed by atoms with Gasteiger partial charge in [-0.15, -0.1) is 0 Å². The Morgan fingerprint density at radius 1 is 1.14 bits per heavy atom. The van der Waals surface area contributed by atoms with E-state index < -0.39 is 0 Å². The van der Waals surface area contributed by atoms with Gasteiger partial charge in [0.2, 0.25) is 0 Å². The van der Waals surface area contributed by atoms with Crippen molar-refractivity contribution in [1.82, 2.24) is 5.32 Å². The van der Waals surface area contributed by atoms with Crippen molar-refractivity contribution in [3.63, 3.8) is 0 Å². The van der Waals surface area contributed by atoms with Gasteiger partial charge in [-0.05, 0) is 50.7 Å². The quantitative estimate of drug-likeness (QED) is 0.757. The highest BCUT2D eigenvalue weighted by Crippen LogP contribution is 2.27. The topological polar surface area (TPSA) is 41.5 Å². The normalized spacial score (nSPS) is 35.6. The summed E-state index contributed by atoms with van der Waals surface area (Å²) in [4.78, 5) is 0. The fourth-order valence-corrected chi connectivity index (χ4v) is 4.57. The molecule has 0 aromatic rings. The maximum Gasteiger partial charge on any atom is 0.0897 e. The second-order valence-corrected chi connectivity index (χ2v) is 8.02. The zero-order valence-corrected chi connectivity index (χ0v) is 14.5. The lowest BCUT2D eigenvalue weighted by Gasteiger charge is -2.32. The lowest BCUT2D eigenvalue weighted by atomic mass is 9.89. The molecule has 124 valence electrons. The molecular formula is C17H33NO2S. The first-order valence-corrected chi connectivity index (χ1v) is 10.0. The summed E-state index contributed by atoms with van der Waals surface area (Å²) in [6.45, 7) is 3.48. The van der Waals surface area contributed by atoms with Gasteiger partial charge in [0.05, 0.1) is 18.8 Å². The predicted octanol–water partition coefficient (Wildman–Crippen LogP) is 3.21. The summed E-state index contributed by atoms with van der Waals surface area (Å²) in [6.07, 6.45) is 12.3. The minimum Gasteiger partial charge on any atom is -0.389 e. The van der Waals surface area contributed by atoms with Gasteiger partial charge in [0.15, 0.2) is 0 Å². The van der Waals surface area contributed by atoms with Crippen LogP contribution in [0.2, 0.25) is 0 Å². The molecule has 3 atom stereocenters. The van der Waals surface area contributed by atoms with Crippen LogP contribution < -0.4 is 5.32 Å². The van der Waals surface area contributed by atoms with Crippen LogP contribution in [0.25, 0.3) is 0 Å². The smallest absolute Gasteiger partial charge is 0.0897 e. The standard InChI is InChI=1S/C17H33NO2S/c1-13-7-9-15(10-8-13)20-12-14(19)11-18-16-5-3-4-6-17(16)21-2/h13-19H,3-12H2,1-2H3. The molecule has 0 aromatic carbocycles. The molecule has 0 aromatic heterocycles. The molecule has 2 aliphatic carbocycles. The van der Waals surface area contributed by atoms with Crippen LogP contribution in [0.4, 0.5) is 0 Å². The van der Waals surface area contributed by atoms with Gasteiger partial charge in [-0.2, -0.15) is 11.8 Å². The molecule has 0 heterocycles. The maximum atomic E-state index is 10.1. The minimum atomic E-state index is -0.367. The number of aliphatic hydroxyl groups is 1. The van der Waals surface area contributed by atoms with E-state index in [1.165, 1.54) is 51.4 Å². The van der Waals surface area contributed by atoms with Crippen LogP contribution in [-0.2, 0) is 4.74 Å². The summed E-state index contributed by atoms with van der Waals surface area (Å²) in [5, 5.41) is 14.4. The lowest BCUT2D eigenvalue weighted by Crippen LogP contribution is -2.44. The highest BCUT2D eigenvalue weighted by Gasteiger charge is 2.25. The number of hydrogen-bond donors (Lipinski definition) is 2. The molecule has 2 N–H and O–H groups in total. The summed E-state index contributed by atoms with van der Waals surface area (Å²) in [6, 6.07) is 0.568. The zero-order valence-electron chi connectivity index (χ0n) is 13.7. The Morgan fingerprint density at radius 3 is 2.57 bits per heavy atom. The molecule has 3 unspecified atom stereocenters. The number of aliphatic hydroxyl groups excluding tert-OH is 1. The van der Waals surface area contributed by atoms with Gasteiger partial charge >= 0.3 is 0 Å². The van der Waals surface area contributed by atoms with E-state index in [-0.39, 0.29) is 6.10 Å². The molecule has 0 spiro atoms. The Labute approximate surface area is 134 Å². The van der Waals surface area contributed by atoms with Crippen molar-refractivity contribution < 1.29 is 9.84 Å². The maximum absolute atomic E-state index is 10.1. The Hall–Kier alpha value is 0.230. The fourth-order valence-electron chi connectivity index (χ4n) is 3.60. The Balaban J connectivity index is 1.59. The molecule has 0 bridgehead atoms. The second-order valence-electron chi connectivity index (χ2n) is 6.94. The van der Waals surface area contributed by atoms with E-state index in [2.05, 4.69) is 18.5 Å². The van der Waals surface area contributed by atoms with Crippen molar-refractivity contribution in [2.45, 2.75) is 81.8 Å². The van der Waals surface area contributed by atoms with E-state index in [9.17, 15) is 5.11 Å². The molecule has 2 saturated carbocycles. The van der Waals surface area contributed by atoms with Crippen molar-refractivity contribution in [2.75, 3.05) is 19.4 Å². The monoisotopic (exact) mass is 315 g/mol. The van der Waals surface area contributed by atoms with Gasteiger partial charge in [-0.1, -0.05) is 19.8 Å². The van der Waals surface area contributed by atoms with Crippen molar-refractivity contribution in [3.05, 3.63) is 0 Å². The van der Waals surface area contributed by atoms with Crippen molar-refractivity contribution >= 4 is 11.8 Å². The van der Waals surface area contributed by atoms with E-state index in [4.69, 9.17) is 4.74 Å². The largest absolute Gasteiger partial charge is 0.389 e. The van der Waals surface area contributed by atoms with Crippen LogP contribution in [0.15, 0.2) is 0 Å². The van der Waals surface area contributed by atoms with Gasteiger partial charge < -0.3 is 15.2 Å². The number of nitrogens with one attached hydrogen (secondary N) is 1. The molecular weight excluding hydrogens is 282 g/mol. The third-order valence-corrected chi connectivity index (χ3v) is 6.28. The Kier molecular flexibility index (Phi) is 7.86. The average molecular weight is 316 g/mol. The zero-order chi connectivity index (χ0) is 15.1. The van der Waals surface area contributed by atoms with Gasteiger partial charge in [0, 0.05) is 17.8 Å². The molecule has 3 nitrogen and oxygen atoms in total. The van der Waals surface area contributed by atoms with Crippen LogP contribution in [0.1, 0.15) is 58.3 Å². The summed E-state index contributed by atoms with van der Waals surface area (Å²) in [5.74, 6) is 0.853. The van der Waals surface area contributed by atoms with E-state index in [0.717, 1.165) is 5.92 Å². The number of ether oxygens (including phenoxy) is 1. The Morgan fingerprint density at radius 2 is 1.86 bits per heavy atom. The molecule has 0 aliphatic heterocycles. The highest BCUT2D eigenvalue weighted by atomic mass is 32.2. The third-order valence-electron chi connectivity index (χ3n) is 5.11. The fraction of sp³-hybridized carbons (Fsp3) is 1.00. The van der Waals surface area contributed by atoms with Crippen LogP contribution in [0, 0.1) is 5.92 Å². The molecule has 0 radical (unpaired) electrons. The van der Waals surface area contributed by atoms with Gasteiger partial charge in [0.25, 0.3) is 0 Å². The second kappa shape index (κ2) is 9.39. The van der Waals surface area contributed by atoms with E-state index in [1.54, 1.807) is 0 Å². The lowest BCUT2D eigenvalue weighted by molar-refractivity contribution is -0.0285. The molecule has 0 amide bonds. The predicted molar refractivity (Wildman–Crippen MR) is 90.9 cm³/mol. The summed E-state index contributed by atoms with van der Waals surface area (Å²) in [5.41, 5.74) is 0. The molecule has 0 saturated heterocycles. The first-order chi connectivity index (χ1) is 10.2. The molecule has 4 heteroatoms. The number of thioether (sulfide) groups is 1. The van der Waals surface area contributed by atoms with Crippen LogP contribution >= 0.6 is 11.8 Å². The van der Waals surface area contributed by atoms with Gasteiger partial charge in [-0.25, -0.2) is 0 Å². The van der Waals surface area contributed by atoms with Crippen molar-refractivity contribution in [2.24, 2.45) is 5.92 Å². The van der Waals surface area contributed by atoms with Gasteiger partial charge in [0.1, 0.15) is 0 Å². The Bertz CT molecular complexity index is 282.